The second kappa shape index (κ2) is 7.00. The summed E-state index contributed by atoms with van der Waals surface area (Å²) in [5.41, 5.74) is 1.55. The number of alkyl halides is 3. The zero-order valence-corrected chi connectivity index (χ0v) is 13.5. The Hall–Kier alpha value is -2.15. The van der Waals surface area contributed by atoms with Gasteiger partial charge in [0.1, 0.15) is 0 Å². The van der Waals surface area contributed by atoms with Gasteiger partial charge in [0.25, 0.3) is 0 Å². The number of nitrogens with zero attached hydrogens (tertiary/aromatic N) is 1. The Bertz CT molecular complexity index is 757. The molecule has 0 radical (unpaired) electrons. The summed E-state index contributed by atoms with van der Waals surface area (Å²) in [6.07, 6.45) is -3.86. The number of hydrogen-bond acceptors (Lipinski definition) is 3. The van der Waals surface area contributed by atoms with E-state index in [0.29, 0.717) is 12.8 Å². The van der Waals surface area contributed by atoms with E-state index in [4.69, 9.17) is 0 Å². The molecule has 4 nitrogen and oxygen atoms in total. The number of aliphatic hydroxyl groups is 1. The molecular formula is C18H19F3N2O2. The van der Waals surface area contributed by atoms with Crippen LogP contribution in [0.1, 0.15) is 37.3 Å². The summed E-state index contributed by atoms with van der Waals surface area (Å²) < 4.78 is 36.9. The topological polar surface area (TPSA) is 62.2 Å². The van der Waals surface area contributed by atoms with Crippen molar-refractivity contribution in [2.24, 2.45) is 5.92 Å². The van der Waals surface area contributed by atoms with Gasteiger partial charge in [0.15, 0.2) is 0 Å². The molecule has 1 aromatic carbocycles. The SMILES string of the molecule is O=C(CCC(F)(F)F)N[C@@H](c1cnc2ccccc2c1)C1CC(O)C1. The number of carbonyl (C=O) groups excluding carboxylic acids is 1. The maximum Gasteiger partial charge on any atom is 0.389 e. The number of fused-ring (bicyclic) bond motifs is 1. The summed E-state index contributed by atoms with van der Waals surface area (Å²) in [4.78, 5) is 16.3. The normalized spacial score (nSPS) is 21.6. The van der Waals surface area contributed by atoms with Crippen LogP contribution in [-0.4, -0.2) is 28.3 Å². The average molecular weight is 352 g/mol. The minimum Gasteiger partial charge on any atom is -0.393 e. The molecule has 1 aliphatic carbocycles. The van der Waals surface area contributed by atoms with E-state index in [2.05, 4.69) is 10.3 Å². The number of benzene rings is 1. The lowest BCUT2D eigenvalue weighted by Crippen LogP contribution is -2.41. The predicted octanol–water partition coefficient (Wildman–Crippen LogP) is 3.51. The van der Waals surface area contributed by atoms with E-state index in [9.17, 15) is 23.1 Å². The van der Waals surface area contributed by atoms with Gasteiger partial charge in [0.05, 0.1) is 24.1 Å². The molecule has 2 aromatic rings. The Morgan fingerprint density at radius 3 is 2.72 bits per heavy atom. The van der Waals surface area contributed by atoms with Crippen LogP contribution in [0.15, 0.2) is 36.5 Å². The van der Waals surface area contributed by atoms with Gasteiger partial charge in [0, 0.05) is 18.0 Å². The molecule has 1 heterocycles. The molecule has 2 N–H and O–H groups in total. The molecule has 1 aliphatic rings. The molecule has 7 heteroatoms. The highest BCUT2D eigenvalue weighted by atomic mass is 19.4. The molecule has 134 valence electrons. The molecule has 1 atom stereocenters. The fourth-order valence-electron chi connectivity index (χ4n) is 3.13. The molecule has 1 amide bonds. The van der Waals surface area contributed by atoms with Crippen LogP contribution in [0.4, 0.5) is 13.2 Å². The van der Waals surface area contributed by atoms with Gasteiger partial charge in [0.2, 0.25) is 5.91 Å². The molecule has 1 fully saturated rings. The standard InChI is InChI=1S/C18H19F3N2O2/c19-18(20,21)6-5-16(25)23-17(12-8-14(24)9-12)13-7-11-3-1-2-4-15(11)22-10-13/h1-4,7,10,12,14,17,24H,5-6,8-9H2,(H,23,25)/t12?,14?,17-/m1/s1. The van der Waals surface area contributed by atoms with Gasteiger partial charge < -0.3 is 10.4 Å². The van der Waals surface area contributed by atoms with E-state index in [1.807, 2.05) is 30.3 Å². The van der Waals surface area contributed by atoms with Crippen LogP contribution in [0.25, 0.3) is 10.9 Å². The first-order chi connectivity index (χ1) is 11.8. The minimum atomic E-state index is -4.36. The fraction of sp³-hybridized carbons (Fsp3) is 0.444. The van der Waals surface area contributed by atoms with Crippen molar-refractivity contribution in [3.8, 4) is 0 Å². The number of nitrogens with one attached hydrogen (secondary N) is 1. The zero-order chi connectivity index (χ0) is 18.0. The molecule has 0 spiro atoms. The van der Waals surface area contributed by atoms with Crippen molar-refractivity contribution in [3.63, 3.8) is 0 Å². The van der Waals surface area contributed by atoms with Crippen LogP contribution >= 0.6 is 0 Å². The highest BCUT2D eigenvalue weighted by Gasteiger charge is 2.36. The molecule has 0 aliphatic heterocycles. The third kappa shape index (κ3) is 4.48. The molecule has 0 bridgehead atoms. The number of aliphatic hydroxyl groups excluding tert-OH is 1. The predicted molar refractivity (Wildman–Crippen MR) is 86.6 cm³/mol. The van der Waals surface area contributed by atoms with E-state index in [1.165, 1.54) is 0 Å². The van der Waals surface area contributed by atoms with E-state index in [-0.39, 0.29) is 5.92 Å². The summed E-state index contributed by atoms with van der Waals surface area (Å²) in [7, 11) is 0. The highest BCUT2D eigenvalue weighted by Crippen LogP contribution is 2.38. The summed E-state index contributed by atoms with van der Waals surface area (Å²) in [5.74, 6) is -0.648. The third-order valence-electron chi connectivity index (χ3n) is 4.54. The van der Waals surface area contributed by atoms with Crippen molar-refractivity contribution in [1.29, 1.82) is 0 Å². The van der Waals surface area contributed by atoms with Crippen LogP contribution in [0, 0.1) is 5.92 Å². The number of hydrogen-bond donors (Lipinski definition) is 2. The Kier molecular flexibility index (Phi) is 4.94. The number of amides is 1. The lowest BCUT2D eigenvalue weighted by atomic mass is 9.75. The maximum absolute atomic E-state index is 12.3. The van der Waals surface area contributed by atoms with Gasteiger partial charge in [-0.25, -0.2) is 0 Å². The Morgan fingerprint density at radius 2 is 2.04 bits per heavy atom. The van der Waals surface area contributed by atoms with E-state index in [0.717, 1.165) is 16.5 Å². The number of aromatic nitrogens is 1. The lowest BCUT2D eigenvalue weighted by Gasteiger charge is -2.38. The van der Waals surface area contributed by atoms with Crippen LogP contribution < -0.4 is 5.32 Å². The Morgan fingerprint density at radius 1 is 1.32 bits per heavy atom. The van der Waals surface area contributed by atoms with Crippen LogP contribution in [0.5, 0.6) is 0 Å². The van der Waals surface area contributed by atoms with Crippen molar-refractivity contribution < 1.29 is 23.1 Å². The quantitative estimate of drug-likeness (QED) is 0.866. The van der Waals surface area contributed by atoms with Crippen molar-refractivity contribution in [2.75, 3.05) is 0 Å². The summed E-state index contributed by atoms with van der Waals surface area (Å²) in [5, 5.41) is 13.2. The van der Waals surface area contributed by atoms with Crippen LogP contribution in [0.3, 0.4) is 0 Å². The molecule has 1 saturated carbocycles. The first-order valence-corrected chi connectivity index (χ1v) is 8.21. The number of pyridine rings is 1. The van der Waals surface area contributed by atoms with Crippen molar-refractivity contribution in [1.82, 2.24) is 10.3 Å². The first-order valence-electron chi connectivity index (χ1n) is 8.21. The van der Waals surface area contributed by atoms with Crippen LogP contribution in [-0.2, 0) is 4.79 Å². The molecule has 1 aromatic heterocycles. The molecule has 3 rings (SSSR count). The number of halogens is 3. The Labute approximate surface area is 143 Å². The van der Waals surface area contributed by atoms with Gasteiger partial charge in [-0.2, -0.15) is 13.2 Å². The van der Waals surface area contributed by atoms with Gasteiger partial charge in [-0.3, -0.25) is 9.78 Å². The average Bonchev–Trinajstić information content (AvgIpc) is 2.54. The van der Waals surface area contributed by atoms with Crippen molar-refractivity contribution in [2.45, 2.75) is 44.0 Å². The third-order valence-corrected chi connectivity index (χ3v) is 4.54. The summed E-state index contributed by atoms with van der Waals surface area (Å²) in [6, 6.07) is 8.95. The van der Waals surface area contributed by atoms with Crippen molar-refractivity contribution >= 4 is 16.8 Å². The monoisotopic (exact) mass is 352 g/mol. The second-order valence-electron chi connectivity index (χ2n) is 6.51. The van der Waals surface area contributed by atoms with Gasteiger partial charge >= 0.3 is 6.18 Å². The largest absolute Gasteiger partial charge is 0.393 e. The smallest absolute Gasteiger partial charge is 0.389 e. The highest BCUT2D eigenvalue weighted by molar-refractivity contribution is 5.80. The maximum atomic E-state index is 12.3. The summed E-state index contributed by atoms with van der Waals surface area (Å²) >= 11 is 0. The van der Waals surface area contributed by atoms with Gasteiger partial charge in [-0.05, 0) is 36.5 Å². The second-order valence-corrected chi connectivity index (χ2v) is 6.51. The number of carbonyl (C=O) groups is 1. The lowest BCUT2D eigenvalue weighted by molar-refractivity contribution is -0.144. The van der Waals surface area contributed by atoms with Crippen molar-refractivity contribution in [3.05, 3.63) is 42.1 Å². The van der Waals surface area contributed by atoms with Gasteiger partial charge in [-0.15, -0.1) is 0 Å². The van der Waals surface area contributed by atoms with E-state index < -0.39 is 37.1 Å². The van der Waals surface area contributed by atoms with E-state index >= 15 is 0 Å². The molecule has 25 heavy (non-hydrogen) atoms. The minimum absolute atomic E-state index is 0.00667. The first kappa shape index (κ1) is 17.7. The zero-order valence-electron chi connectivity index (χ0n) is 13.5. The Balaban J connectivity index is 1.78. The van der Waals surface area contributed by atoms with Crippen LogP contribution in [0.2, 0.25) is 0 Å². The number of para-hydroxylation sites is 1. The number of rotatable bonds is 5. The molecular weight excluding hydrogens is 333 g/mol. The van der Waals surface area contributed by atoms with Gasteiger partial charge in [-0.1, -0.05) is 18.2 Å². The molecule has 0 saturated heterocycles. The molecule has 0 unspecified atom stereocenters. The summed E-state index contributed by atoms with van der Waals surface area (Å²) in [6.45, 7) is 0. The fourth-order valence-corrected chi connectivity index (χ4v) is 3.13. The van der Waals surface area contributed by atoms with E-state index in [1.54, 1.807) is 6.20 Å².